The number of halogens is 2. The molecule has 1 saturated heterocycles. The molecule has 6 nitrogen and oxygen atoms in total. The van der Waals surface area contributed by atoms with Crippen LogP contribution >= 0.6 is 0 Å². The highest BCUT2D eigenvalue weighted by Crippen LogP contribution is 2.70. The third-order valence-corrected chi connectivity index (χ3v) is 7.99. The molecule has 2 atom stereocenters. The fourth-order valence-electron chi connectivity index (χ4n) is 6.82. The summed E-state index contributed by atoms with van der Waals surface area (Å²) in [5.74, 6) is -1.64. The van der Waals surface area contributed by atoms with E-state index in [9.17, 15) is 18.4 Å². The topological polar surface area (TPSA) is 81.9 Å². The standard InChI is InChI=1S/C22H26F2N2O4/c1-29-16-5-14(15(6-17(16)30-2)19(27)26-9-22(23,24)10-26)18-11-3-13-4-12(18)8-21(13,7-11)20(25)28/h5-6,11-13,18H,3-4,7-10H2,1-2H3,(H2,25,28). The monoisotopic (exact) mass is 420 g/mol. The molecular weight excluding hydrogens is 394 g/mol. The van der Waals surface area contributed by atoms with Gasteiger partial charge in [-0.2, -0.15) is 0 Å². The van der Waals surface area contributed by atoms with Gasteiger partial charge in [0, 0.05) is 5.56 Å². The number of likely N-dealkylation sites (tertiary alicyclic amines) is 1. The first-order valence-corrected chi connectivity index (χ1v) is 10.4. The van der Waals surface area contributed by atoms with Crippen molar-refractivity contribution in [1.29, 1.82) is 0 Å². The lowest BCUT2D eigenvalue weighted by Crippen LogP contribution is -2.58. The highest BCUT2D eigenvalue weighted by Gasteiger charge is 2.64. The van der Waals surface area contributed by atoms with Crippen molar-refractivity contribution in [3.05, 3.63) is 23.3 Å². The molecule has 2 amide bonds. The predicted octanol–water partition coefficient (Wildman–Crippen LogP) is 2.80. The average molecular weight is 420 g/mol. The molecule has 1 aromatic rings. The second kappa shape index (κ2) is 6.31. The van der Waals surface area contributed by atoms with Gasteiger partial charge in [-0.25, -0.2) is 8.78 Å². The van der Waals surface area contributed by atoms with Gasteiger partial charge in [-0.15, -0.1) is 0 Å². The number of benzene rings is 1. The number of carbonyl (C=O) groups is 2. The fourth-order valence-corrected chi connectivity index (χ4v) is 6.82. The normalized spacial score (nSPS) is 35.3. The first kappa shape index (κ1) is 19.6. The summed E-state index contributed by atoms with van der Waals surface area (Å²) in [5, 5.41) is 0. The van der Waals surface area contributed by atoms with Crippen LogP contribution in [0.3, 0.4) is 0 Å². The van der Waals surface area contributed by atoms with Gasteiger partial charge in [0.15, 0.2) is 11.5 Å². The van der Waals surface area contributed by atoms with Crippen LogP contribution in [0.15, 0.2) is 12.1 Å². The Hall–Kier alpha value is -2.38. The number of rotatable bonds is 5. The van der Waals surface area contributed by atoms with Crippen LogP contribution in [0.5, 0.6) is 11.5 Å². The van der Waals surface area contributed by atoms with E-state index in [4.69, 9.17) is 15.2 Å². The molecule has 1 heterocycles. The van der Waals surface area contributed by atoms with Crippen LogP contribution in [0.4, 0.5) is 8.78 Å². The zero-order valence-electron chi connectivity index (χ0n) is 17.1. The molecule has 0 radical (unpaired) electrons. The molecule has 6 rings (SSSR count). The third kappa shape index (κ3) is 2.58. The Balaban J connectivity index is 1.55. The van der Waals surface area contributed by atoms with E-state index in [0.29, 0.717) is 23.0 Å². The summed E-state index contributed by atoms with van der Waals surface area (Å²) in [5.41, 5.74) is 6.59. The van der Waals surface area contributed by atoms with Crippen molar-refractivity contribution >= 4 is 11.8 Å². The Morgan fingerprint density at radius 1 is 1.07 bits per heavy atom. The summed E-state index contributed by atoms with van der Waals surface area (Å²) >= 11 is 0. The number of hydrogen-bond donors (Lipinski definition) is 1. The lowest BCUT2D eigenvalue weighted by molar-refractivity contribution is -0.129. The Labute approximate surface area is 173 Å². The molecule has 4 saturated carbocycles. The van der Waals surface area contributed by atoms with Gasteiger partial charge in [0.1, 0.15) is 0 Å². The maximum atomic E-state index is 13.4. The van der Waals surface area contributed by atoms with Crippen LogP contribution in [0.1, 0.15) is 47.5 Å². The number of carbonyl (C=O) groups excluding carboxylic acids is 2. The molecule has 5 aliphatic rings. The van der Waals surface area contributed by atoms with Crippen molar-refractivity contribution < 1.29 is 27.8 Å². The number of hydrogen-bond acceptors (Lipinski definition) is 4. The lowest BCUT2D eigenvalue weighted by atomic mass is 9.65. The summed E-state index contributed by atoms with van der Waals surface area (Å²) in [4.78, 5) is 26.6. The molecule has 30 heavy (non-hydrogen) atoms. The van der Waals surface area contributed by atoms with E-state index in [1.165, 1.54) is 19.1 Å². The summed E-state index contributed by atoms with van der Waals surface area (Å²) in [6.45, 7) is -1.13. The fraction of sp³-hybridized carbons (Fsp3) is 0.636. The maximum Gasteiger partial charge on any atom is 0.282 e. The predicted molar refractivity (Wildman–Crippen MR) is 104 cm³/mol. The van der Waals surface area contributed by atoms with E-state index in [0.717, 1.165) is 31.2 Å². The second-order valence-corrected chi connectivity index (χ2v) is 9.45. The van der Waals surface area contributed by atoms with Crippen LogP contribution < -0.4 is 15.2 Å². The van der Waals surface area contributed by atoms with Gasteiger partial charge in [0.25, 0.3) is 11.8 Å². The van der Waals surface area contributed by atoms with E-state index >= 15 is 0 Å². The van der Waals surface area contributed by atoms with E-state index in [1.54, 1.807) is 6.07 Å². The van der Waals surface area contributed by atoms with Crippen molar-refractivity contribution in [3.63, 3.8) is 0 Å². The highest BCUT2D eigenvalue weighted by atomic mass is 19.3. The van der Waals surface area contributed by atoms with Crippen LogP contribution in [0.2, 0.25) is 0 Å². The molecule has 4 bridgehead atoms. The Morgan fingerprint density at radius 2 is 1.63 bits per heavy atom. The summed E-state index contributed by atoms with van der Waals surface area (Å²) in [6.07, 6.45) is 3.29. The third-order valence-electron chi connectivity index (χ3n) is 7.99. The number of nitrogens with zero attached hydrogens (tertiary/aromatic N) is 1. The van der Waals surface area contributed by atoms with Crippen LogP contribution in [-0.2, 0) is 4.79 Å². The molecule has 0 aromatic heterocycles. The van der Waals surface area contributed by atoms with Gasteiger partial charge >= 0.3 is 0 Å². The van der Waals surface area contributed by atoms with Gasteiger partial charge in [-0.1, -0.05) is 0 Å². The van der Waals surface area contributed by atoms with Gasteiger partial charge in [0.05, 0.1) is 32.7 Å². The molecule has 5 fully saturated rings. The van der Waals surface area contributed by atoms with Crippen molar-refractivity contribution in [2.24, 2.45) is 28.9 Å². The molecule has 8 heteroatoms. The number of amides is 2. The van der Waals surface area contributed by atoms with Crippen molar-refractivity contribution in [2.75, 3.05) is 27.3 Å². The second-order valence-electron chi connectivity index (χ2n) is 9.45. The summed E-state index contributed by atoms with van der Waals surface area (Å²) in [7, 11) is 3.02. The molecule has 162 valence electrons. The van der Waals surface area contributed by atoms with E-state index in [-0.39, 0.29) is 23.7 Å². The highest BCUT2D eigenvalue weighted by molar-refractivity contribution is 5.97. The van der Waals surface area contributed by atoms with Crippen LogP contribution in [0, 0.1) is 23.2 Å². The van der Waals surface area contributed by atoms with Crippen molar-refractivity contribution in [3.8, 4) is 11.5 Å². The molecule has 1 aliphatic heterocycles. The van der Waals surface area contributed by atoms with Crippen molar-refractivity contribution in [1.82, 2.24) is 4.90 Å². The number of methoxy groups -OCH3 is 2. The molecule has 2 N–H and O–H groups in total. The minimum absolute atomic E-state index is 0.0803. The van der Waals surface area contributed by atoms with Gasteiger partial charge < -0.3 is 20.1 Å². The molecule has 4 aliphatic carbocycles. The van der Waals surface area contributed by atoms with E-state index in [2.05, 4.69) is 0 Å². The number of primary amides is 1. The average Bonchev–Trinajstić information content (AvgIpc) is 3.13. The maximum absolute atomic E-state index is 13.4. The van der Waals surface area contributed by atoms with Crippen LogP contribution in [0.25, 0.3) is 0 Å². The summed E-state index contributed by atoms with van der Waals surface area (Å²) < 4.78 is 37.7. The summed E-state index contributed by atoms with van der Waals surface area (Å²) in [6, 6.07) is 3.45. The number of ether oxygens (including phenoxy) is 2. The lowest BCUT2D eigenvalue weighted by Gasteiger charge is -2.41. The van der Waals surface area contributed by atoms with E-state index < -0.39 is 30.3 Å². The molecule has 0 spiro atoms. The number of nitrogens with two attached hydrogens (primary N) is 1. The minimum atomic E-state index is -2.83. The van der Waals surface area contributed by atoms with E-state index in [1.807, 2.05) is 6.07 Å². The smallest absolute Gasteiger partial charge is 0.282 e. The zero-order valence-corrected chi connectivity index (χ0v) is 17.1. The zero-order chi connectivity index (χ0) is 21.4. The first-order chi connectivity index (χ1) is 14.2. The largest absolute Gasteiger partial charge is 0.493 e. The molecule has 1 aromatic carbocycles. The Bertz CT molecular complexity index is 910. The Kier molecular flexibility index (Phi) is 4.12. The quantitative estimate of drug-likeness (QED) is 0.794. The number of alkyl halides is 2. The van der Waals surface area contributed by atoms with Gasteiger partial charge in [-0.05, 0) is 67.1 Å². The SMILES string of the molecule is COc1cc(C(=O)N2CC(F)(F)C2)c(C2C3CC4CC2CC4(C(N)=O)C3)cc1OC. The first-order valence-electron chi connectivity index (χ1n) is 10.4. The van der Waals surface area contributed by atoms with Crippen LogP contribution in [-0.4, -0.2) is 49.9 Å². The van der Waals surface area contributed by atoms with Crippen molar-refractivity contribution in [2.45, 2.75) is 37.5 Å². The molecular formula is C22H26F2N2O4. The van der Waals surface area contributed by atoms with Gasteiger partial charge in [-0.3, -0.25) is 9.59 Å². The van der Waals surface area contributed by atoms with Gasteiger partial charge in [0.2, 0.25) is 5.91 Å². The Morgan fingerprint density at radius 3 is 2.10 bits per heavy atom. The molecule has 2 unspecified atom stereocenters. The minimum Gasteiger partial charge on any atom is -0.493 e.